The van der Waals surface area contributed by atoms with E-state index in [4.69, 9.17) is 15.9 Å². The fraction of sp³-hybridized carbons (Fsp3) is 0.0769. The van der Waals surface area contributed by atoms with Crippen molar-refractivity contribution in [1.82, 2.24) is 0 Å². The van der Waals surface area contributed by atoms with Gasteiger partial charge in [-0.3, -0.25) is 0 Å². The Morgan fingerprint density at radius 1 is 1.33 bits per heavy atom. The van der Waals surface area contributed by atoms with Crippen molar-refractivity contribution < 1.29 is 9.52 Å². The predicted octanol–water partition coefficient (Wildman–Crippen LogP) is 1.93. The number of aliphatic hydroxyl groups excluding tert-OH is 1. The molecule has 1 aromatic heterocycles. The van der Waals surface area contributed by atoms with Gasteiger partial charge in [0.1, 0.15) is 11.5 Å². The van der Waals surface area contributed by atoms with Crippen LogP contribution in [0.2, 0.25) is 0 Å². The van der Waals surface area contributed by atoms with Crippen molar-refractivity contribution in [1.29, 1.82) is 0 Å². The zero-order valence-corrected chi connectivity index (χ0v) is 8.10. The highest BCUT2D eigenvalue weighted by atomic mass is 16.3. The Kier molecular flexibility index (Phi) is 4.60. The lowest BCUT2D eigenvalue weighted by atomic mass is 10.3. The second-order valence-electron chi connectivity index (χ2n) is 2.57. The van der Waals surface area contributed by atoms with Gasteiger partial charge in [0.2, 0.25) is 0 Å². The van der Waals surface area contributed by atoms with E-state index in [9.17, 15) is 0 Å². The molecule has 0 fully saturated rings. The third-order valence-electron chi connectivity index (χ3n) is 1.51. The quantitative estimate of drug-likeness (QED) is 0.753. The van der Waals surface area contributed by atoms with Crippen molar-refractivity contribution in [2.75, 3.05) is 6.61 Å². The van der Waals surface area contributed by atoms with E-state index in [1.807, 2.05) is 6.07 Å². The molecule has 1 rings (SSSR count). The van der Waals surface area contributed by atoms with Crippen LogP contribution in [0.1, 0.15) is 11.5 Å². The minimum atomic E-state index is -0.000479. The first-order valence-electron chi connectivity index (χ1n) is 4.36. The molecule has 15 heavy (non-hydrogen) atoms. The highest BCUT2D eigenvalue weighted by Crippen LogP contribution is 2.10. The fourth-order valence-corrected chi connectivity index (χ4v) is 0.924. The summed E-state index contributed by atoms with van der Waals surface area (Å²) in [6.45, 7) is -0.000479. The monoisotopic (exact) mass is 198 g/mol. The molecule has 0 saturated carbocycles. The van der Waals surface area contributed by atoms with Crippen LogP contribution in [0.3, 0.4) is 0 Å². The molecule has 0 radical (unpaired) electrons. The summed E-state index contributed by atoms with van der Waals surface area (Å²) in [5.41, 5.74) is 0. The van der Waals surface area contributed by atoms with Gasteiger partial charge in [-0.15, -0.1) is 6.42 Å². The van der Waals surface area contributed by atoms with Gasteiger partial charge < -0.3 is 9.52 Å². The highest BCUT2D eigenvalue weighted by Gasteiger charge is 1.93. The topological polar surface area (TPSA) is 33.4 Å². The van der Waals surface area contributed by atoms with Crippen molar-refractivity contribution in [2.24, 2.45) is 0 Å². The van der Waals surface area contributed by atoms with Crippen molar-refractivity contribution in [3.63, 3.8) is 0 Å². The van der Waals surface area contributed by atoms with E-state index in [0.29, 0.717) is 11.5 Å². The number of furan rings is 1. The molecule has 0 bridgehead atoms. The third kappa shape index (κ3) is 4.04. The summed E-state index contributed by atoms with van der Waals surface area (Å²) in [5, 5.41) is 8.56. The van der Waals surface area contributed by atoms with E-state index < -0.39 is 0 Å². The Hall–Kier alpha value is -2.16. The van der Waals surface area contributed by atoms with Gasteiger partial charge in [-0.25, -0.2) is 0 Å². The molecule has 0 atom stereocenters. The Labute approximate surface area is 88.9 Å². The number of rotatable bonds is 3. The lowest BCUT2D eigenvalue weighted by molar-refractivity contribution is 0.343. The fourth-order valence-electron chi connectivity index (χ4n) is 0.924. The van der Waals surface area contributed by atoms with E-state index in [2.05, 4.69) is 17.8 Å². The highest BCUT2D eigenvalue weighted by molar-refractivity contribution is 5.52. The van der Waals surface area contributed by atoms with Crippen LogP contribution >= 0.6 is 0 Å². The standard InChI is InChI=1S/C13H10O2/c1-2-3-4-5-7-12-9-10-13(15-12)8-6-11-14/h1,5-10,14H,11H2/b7-5+,8-6-. The van der Waals surface area contributed by atoms with Gasteiger partial charge in [0, 0.05) is 0 Å². The molecule has 0 aliphatic rings. The minimum Gasteiger partial charge on any atom is -0.457 e. The zero-order valence-electron chi connectivity index (χ0n) is 8.10. The Morgan fingerprint density at radius 2 is 2.07 bits per heavy atom. The van der Waals surface area contributed by atoms with Crippen molar-refractivity contribution >= 4 is 12.2 Å². The van der Waals surface area contributed by atoms with Gasteiger partial charge in [-0.1, -0.05) is 12.0 Å². The third-order valence-corrected chi connectivity index (χ3v) is 1.51. The SMILES string of the molecule is C#CC#C/C=C/c1ccc(/C=C\CO)o1. The van der Waals surface area contributed by atoms with Gasteiger partial charge in [0.25, 0.3) is 0 Å². The number of terminal acetylenes is 1. The van der Waals surface area contributed by atoms with Gasteiger partial charge >= 0.3 is 0 Å². The molecule has 0 aliphatic heterocycles. The molecule has 1 heterocycles. The predicted molar refractivity (Wildman–Crippen MR) is 60.5 cm³/mol. The summed E-state index contributed by atoms with van der Waals surface area (Å²) in [5.74, 6) is 8.70. The van der Waals surface area contributed by atoms with Gasteiger partial charge in [-0.2, -0.15) is 0 Å². The van der Waals surface area contributed by atoms with Crippen molar-refractivity contribution in [3.8, 4) is 24.2 Å². The van der Waals surface area contributed by atoms with Gasteiger partial charge in [0.15, 0.2) is 0 Å². The average Bonchev–Trinajstić information content (AvgIpc) is 2.69. The van der Waals surface area contributed by atoms with E-state index in [0.717, 1.165) is 0 Å². The van der Waals surface area contributed by atoms with Crippen LogP contribution in [-0.2, 0) is 0 Å². The van der Waals surface area contributed by atoms with Crippen molar-refractivity contribution in [3.05, 3.63) is 35.8 Å². The Morgan fingerprint density at radius 3 is 2.73 bits per heavy atom. The molecule has 0 aliphatic carbocycles. The van der Waals surface area contributed by atoms with Crippen LogP contribution in [0.15, 0.2) is 28.7 Å². The summed E-state index contributed by atoms with van der Waals surface area (Å²) >= 11 is 0. The molecule has 0 amide bonds. The summed E-state index contributed by atoms with van der Waals surface area (Å²) < 4.78 is 5.36. The molecule has 74 valence electrons. The molecule has 2 nitrogen and oxygen atoms in total. The summed E-state index contributed by atoms with van der Waals surface area (Å²) in [4.78, 5) is 0. The first-order valence-corrected chi connectivity index (χ1v) is 4.36. The zero-order chi connectivity index (χ0) is 10.9. The van der Waals surface area contributed by atoms with Crippen LogP contribution in [-0.4, -0.2) is 11.7 Å². The van der Waals surface area contributed by atoms with Crippen LogP contribution in [0.4, 0.5) is 0 Å². The van der Waals surface area contributed by atoms with E-state index >= 15 is 0 Å². The number of allylic oxidation sites excluding steroid dienone is 1. The molecular formula is C13H10O2. The largest absolute Gasteiger partial charge is 0.457 e. The molecule has 0 unspecified atom stereocenters. The minimum absolute atomic E-state index is 0.000479. The Balaban J connectivity index is 2.65. The molecule has 1 N–H and O–H groups in total. The maximum Gasteiger partial charge on any atom is 0.128 e. The van der Waals surface area contributed by atoms with Crippen LogP contribution in [0, 0.1) is 24.2 Å². The van der Waals surface area contributed by atoms with Crippen molar-refractivity contribution in [2.45, 2.75) is 0 Å². The van der Waals surface area contributed by atoms with E-state index in [1.54, 1.807) is 30.4 Å². The van der Waals surface area contributed by atoms with Crippen LogP contribution in [0.25, 0.3) is 12.2 Å². The number of hydrogen-bond donors (Lipinski definition) is 1. The smallest absolute Gasteiger partial charge is 0.128 e. The lowest BCUT2D eigenvalue weighted by Gasteiger charge is -1.84. The average molecular weight is 198 g/mol. The van der Waals surface area contributed by atoms with Crippen LogP contribution in [0.5, 0.6) is 0 Å². The second kappa shape index (κ2) is 6.32. The summed E-state index contributed by atoms with van der Waals surface area (Å²) in [6.07, 6.45) is 11.6. The molecule has 0 aromatic carbocycles. The summed E-state index contributed by atoms with van der Waals surface area (Å²) in [7, 11) is 0. The second-order valence-corrected chi connectivity index (χ2v) is 2.57. The van der Waals surface area contributed by atoms with E-state index in [1.165, 1.54) is 0 Å². The normalized spacial score (nSPS) is 10.1. The Bertz CT molecular complexity index is 459. The molecular weight excluding hydrogens is 188 g/mol. The lowest BCUT2D eigenvalue weighted by Crippen LogP contribution is -1.69. The van der Waals surface area contributed by atoms with E-state index in [-0.39, 0.29) is 6.61 Å². The number of aliphatic hydroxyl groups is 1. The van der Waals surface area contributed by atoms with Crippen LogP contribution < -0.4 is 0 Å². The first kappa shape index (κ1) is 10.9. The maximum atomic E-state index is 8.56. The molecule has 0 spiro atoms. The number of hydrogen-bond acceptors (Lipinski definition) is 2. The van der Waals surface area contributed by atoms with Gasteiger partial charge in [0.05, 0.1) is 6.61 Å². The maximum absolute atomic E-state index is 8.56. The van der Waals surface area contributed by atoms with Gasteiger partial charge in [-0.05, 0) is 42.2 Å². The molecule has 2 heteroatoms. The summed E-state index contributed by atoms with van der Waals surface area (Å²) in [6, 6.07) is 3.62. The first-order chi connectivity index (χ1) is 7.36. The molecule has 1 aromatic rings. The molecule has 0 saturated heterocycles.